The van der Waals surface area contributed by atoms with Crippen molar-refractivity contribution in [2.75, 3.05) is 0 Å². The fourth-order valence-corrected chi connectivity index (χ4v) is 4.46. The molecule has 25 heavy (non-hydrogen) atoms. The summed E-state index contributed by atoms with van der Waals surface area (Å²) in [5.41, 5.74) is 0. The topological polar surface area (TPSA) is 9.23 Å². The van der Waals surface area contributed by atoms with Crippen molar-refractivity contribution >= 4 is 0 Å². The van der Waals surface area contributed by atoms with Gasteiger partial charge < -0.3 is 4.74 Å². The largest absolute Gasteiger partial charge is 0.432 e. The maximum Gasteiger partial charge on any atom is 0.400 e. The summed E-state index contributed by atoms with van der Waals surface area (Å²) in [6, 6.07) is 2.53. The molecule has 0 bridgehead atoms. The van der Waals surface area contributed by atoms with Crippen LogP contribution in [0.25, 0.3) is 0 Å². The lowest BCUT2D eigenvalue weighted by atomic mass is 9.69. The van der Waals surface area contributed by atoms with Gasteiger partial charge >= 0.3 is 6.11 Å². The van der Waals surface area contributed by atoms with E-state index in [2.05, 4.69) is 6.92 Å². The second-order valence-electron chi connectivity index (χ2n) is 7.87. The molecular weight excluding hydrogens is 332 g/mol. The Bertz CT molecular complexity index is 573. The van der Waals surface area contributed by atoms with Crippen LogP contribution < -0.4 is 4.74 Å². The molecule has 2 aliphatic carbocycles. The minimum atomic E-state index is -3.35. The molecule has 0 unspecified atom stereocenters. The molecule has 0 amide bonds. The average molecular weight is 358 g/mol. The van der Waals surface area contributed by atoms with Crippen molar-refractivity contribution in [1.82, 2.24) is 0 Å². The highest BCUT2D eigenvalue weighted by Crippen LogP contribution is 2.45. The lowest BCUT2D eigenvalue weighted by Gasteiger charge is -2.38. The first kappa shape index (κ1) is 18.5. The SMILES string of the molecule is CC1CCC(C2CCC(C(F)(F)Oc3ccc(F)c(F)c3)CC2)CC1. The van der Waals surface area contributed by atoms with Gasteiger partial charge in [-0.25, -0.2) is 8.78 Å². The smallest absolute Gasteiger partial charge is 0.400 e. The number of halogens is 4. The summed E-state index contributed by atoms with van der Waals surface area (Å²) in [6.45, 7) is 2.28. The number of hydrogen-bond acceptors (Lipinski definition) is 1. The lowest BCUT2D eigenvalue weighted by molar-refractivity contribution is -0.224. The number of ether oxygens (including phenoxy) is 1. The molecule has 0 radical (unpaired) electrons. The number of benzene rings is 1. The van der Waals surface area contributed by atoms with Gasteiger partial charge in [0.2, 0.25) is 0 Å². The number of alkyl halides is 2. The molecule has 0 atom stereocenters. The van der Waals surface area contributed by atoms with Crippen LogP contribution in [-0.2, 0) is 0 Å². The molecule has 0 aliphatic heterocycles. The molecule has 1 nitrogen and oxygen atoms in total. The summed E-state index contributed by atoms with van der Waals surface area (Å²) >= 11 is 0. The van der Waals surface area contributed by atoms with Crippen LogP contribution in [0.3, 0.4) is 0 Å². The fraction of sp³-hybridized carbons (Fsp3) is 0.700. The maximum atomic E-state index is 14.4. The molecular formula is C20H26F4O. The summed E-state index contributed by atoms with van der Waals surface area (Å²) < 4.78 is 59.6. The van der Waals surface area contributed by atoms with E-state index in [0.717, 1.165) is 30.9 Å². The van der Waals surface area contributed by atoms with E-state index < -0.39 is 23.7 Å². The van der Waals surface area contributed by atoms with Gasteiger partial charge in [0.15, 0.2) is 11.6 Å². The van der Waals surface area contributed by atoms with E-state index in [1.54, 1.807) is 0 Å². The molecule has 140 valence electrons. The minimum absolute atomic E-state index is 0.327. The van der Waals surface area contributed by atoms with Gasteiger partial charge in [0.1, 0.15) is 5.75 Å². The molecule has 2 fully saturated rings. The van der Waals surface area contributed by atoms with E-state index in [4.69, 9.17) is 4.74 Å². The molecule has 0 spiro atoms. The summed E-state index contributed by atoms with van der Waals surface area (Å²) in [6.07, 6.45) is 4.05. The van der Waals surface area contributed by atoms with E-state index >= 15 is 0 Å². The molecule has 2 saturated carbocycles. The minimum Gasteiger partial charge on any atom is -0.432 e. The third-order valence-electron chi connectivity index (χ3n) is 6.12. The quantitative estimate of drug-likeness (QED) is 0.553. The molecule has 0 heterocycles. The van der Waals surface area contributed by atoms with Gasteiger partial charge in [-0.1, -0.05) is 19.8 Å². The normalized spacial score (nSPS) is 30.9. The summed E-state index contributed by atoms with van der Waals surface area (Å²) in [4.78, 5) is 0. The van der Waals surface area contributed by atoms with Crippen molar-refractivity contribution in [3.8, 4) is 5.75 Å². The molecule has 0 saturated heterocycles. The fourth-order valence-electron chi connectivity index (χ4n) is 4.46. The van der Waals surface area contributed by atoms with Gasteiger partial charge in [0.25, 0.3) is 0 Å². The molecule has 1 aromatic carbocycles. The van der Waals surface area contributed by atoms with Crippen LogP contribution in [0.15, 0.2) is 18.2 Å². The van der Waals surface area contributed by atoms with E-state index in [-0.39, 0.29) is 5.75 Å². The molecule has 1 aromatic rings. The van der Waals surface area contributed by atoms with Gasteiger partial charge in [-0.3, -0.25) is 0 Å². The monoisotopic (exact) mass is 358 g/mol. The second-order valence-corrected chi connectivity index (χ2v) is 7.87. The Balaban J connectivity index is 1.54. The first-order chi connectivity index (χ1) is 11.8. The third-order valence-corrected chi connectivity index (χ3v) is 6.12. The molecule has 0 N–H and O–H groups in total. The van der Waals surface area contributed by atoms with Crippen LogP contribution in [0.5, 0.6) is 5.75 Å². The standard InChI is InChI=1S/C20H26F4O/c1-13-2-4-14(5-3-13)15-6-8-16(9-7-15)20(23,24)25-17-10-11-18(21)19(22)12-17/h10-16H,2-9H2,1H3. The van der Waals surface area contributed by atoms with Crippen molar-refractivity contribution in [2.45, 2.75) is 64.4 Å². The van der Waals surface area contributed by atoms with Crippen molar-refractivity contribution in [3.63, 3.8) is 0 Å². The zero-order valence-electron chi connectivity index (χ0n) is 14.6. The highest BCUT2D eigenvalue weighted by molar-refractivity contribution is 5.24. The Morgan fingerprint density at radius 1 is 0.840 bits per heavy atom. The van der Waals surface area contributed by atoms with Crippen LogP contribution >= 0.6 is 0 Å². The van der Waals surface area contributed by atoms with Crippen LogP contribution in [0, 0.1) is 35.3 Å². The zero-order valence-corrected chi connectivity index (χ0v) is 14.6. The van der Waals surface area contributed by atoms with Gasteiger partial charge in [0, 0.05) is 6.07 Å². The molecule has 3 rings (SSSR count). The highest BCUT2D eigenvalue weighted by atomic mass is 19.3. The van der Waals surface area contributed by atoms with E-state index in [1.165, 1.54) is 25.7 Å². The number of rotatable bonds is 4. The Hall–Kier alpha value is -1.26. The second kappa shape index (κ2) is 7.55. The van der Waals surface area contributed by atoms with Crippen LogP contribution in [0.2, 0.25) is 0 Å². The van der Waals surface area contributed by atoms with Gasteiger partial charge in [0.05, 0.1) is 5.92 Å². The van der Waals surface area contributed by atoms with Crippen molar-refractivity contribution < 1.29 is 22.3 Å². The predicted molar refractivity (Wildman–Crippen MR) is 88.5 cm³/mol. The predicted octanol–water partition coefficient (Wildman–Crippen LogP) is 6.57. The highest BCUT2D eigenvalue weighted by Gasteiger charge is 2.45. The van der Waals surface area contributed by atoms with Gasteiger partial charge in [-0.2, -0.15) is 8.78 Å². The average Bonchev–Trinajstić information content (AvgIpc) is 2.59. The lowest BCUT2D eigenvalue weighted by Crippen LogP contribution is -2.38. The summed E-state index contributed by atoms with van der Waals surface area (Å²) in [5.74, 6) is -1.42. The van der Waals surface area contributed by atoms with Gasteiger partial charge in [-0.15, -0.1) is 0 Å². The zero-order chi connectivity index (χ0) is 18.0. The third kappa shape index (κ3) is 4.48. The Labute approximate surface area is 146 Å². The molecule has 0 aromatic heterocycles. The molecule has 5 heteroatoms. The van der Waals surface area contributed by atoms with Crippen molar-refractivity contribution in [2.24, 2.45) is 23.7 Å². The Kier molecular flexibility index (Phi) is 5.59. The van der Waals surface area contributed by atoms with E-state index in [1.807, 2.05) is 0 Å². The van der Waals surface area contributed by atoms with E-state index in [0.29, 0.717) is 30.7 Å². The maximum absolute atomic E-state index is 14.4. The number of hydrogen-bond donors (Lipinski definition) is 0. The van der Waals surface area contributed by atoms with E-state index in [9.17, 15) is 17.6 Å². The summed E-state index contributed by atoms with van der Waals surface area (Å²) in [7, 11) is 0. The van der Waals surface area contributed by atoms with Crippen LogP contribution in [-0.4, -0.2) is 6.11 Å². The Morgan fingerprint density at radius 3 is 1.96 bits per heavy atom. The van der Waals surface area contributed by atoms with Gasteiger partial charge in [-0.05, 0) is 68.4 Å². The van der Waals surface area contributed by atoms with Crippen LogP contribution in [0.4, 0.5) is 17.6 Å². The van der Waals surface area contributed by atoms with Crippen molar-refractivity contribution in [3.05, 3.63) is 29.8 Å². The van der Waals surface area contributed by atoms with Crippen LogP contribution in [0.1, 0.15) is 58.3 Å². The first-order valence-corrected chi connectivity index (χ1v) is 9.37. The first-order valence-electron chi connectivity index (χ1n) is 9.37. The Morgan fingerprint density at radius 2 is 1.40 bits per heavy atom. The molecule has 2 aliphatic rings. The summed E-state index contributed by atoms with van der Waals surface area (Å²) in [5, 5.41) is 0. The van der Waals surface area contributed by atoms with Crippen molar-refractivity contribution in [1.29, 1.82) is 0 Å².